The molecule has 0 radical (unpaired) electrons. The summed E-state index contributed by atoms with van der Waals surface area (Å²) in [6.45, 7) is 2.06. The topological polar surface area (TPSA) is 29.1 Å². The average molecular weight is 336 g/mol. The number of hydrogen-bond donors (Lipinski definition) is 1. The van der Waals surface area contributed by atoms with Crippen molar-refractivity contribution in [1.29, 1.82) is 0 Å². The van der Waals surface area contributed by atoms with Gasteiger partial charge in [-0.15, -0.1) is 0 Å². The predicted molar refractivity (Wildman–Crippen MR) is 92.4 cm³/mol. The summed E-state index contributed by atoms with van der Waals surface area (Å²) >= 11 is 12.3. The number of halogens is 2. The van der Waals surface area contributed by atoms with E-state index in [2.05, 4.69) is 12.2 Å². The molecule has 2 rings (SSSR count). The van der Waals surface area contributed by atoms with Crippen LogP contribution in [0, 0.1) is 0 Å². The fourth-order valence-electron chi connectivity index (χ4n) is 2.38. The van der Waals surface area contributed by atoms with Gasteiger partial charge in [-0.05, 0) is 36.1 Å². The number of carbonyl (C=O) groups is 1. The lowest BCUT2D eigenvalue weighted by Crippen LogP contribution is -2.28. The van der Waals surface area contributed by atoms with Crippen LogP contribution in [0.2, 0.25) is 10.0 Å². The Morgan fingerprint density at radius 3 is 2.27 bits per heavy atom. The Kier molecular flexibility index (Phi) is 6.29. The van der Waals surface area contributed by atoms with Gasteiger partial charge in [0.05, 0.1) is 6.04 Å². The SMILES string of the molecule is CC[C@@H](NC(=O)CCc1c(Cl)cccc1Cl)c1ccccc1. The normalized spacial score (nSPS) is 12.0. The Morgan fingerprint density at radius 1 is 1.05 bits per heavy atom. The molecule has 116 valence electrons. The van der Waals surface area contributed by atoms with Gasteiger partial charge in [0.1, 0.15) is 0 Å². The van der Waals surface area contributed by atoms with Crippen LogP contribution in [0.3, 0.4) is 0 Å². The van der Waals surface area contributed by atoms with E-state index in [1.165, 1.54) is 0 Å². The summed E-state index contributed by atoms with van der Waals surface area (Å²) in [4.78, 5) is 12.2. The largest absolute Gasteiger partial charge is 0.349 e. The Hall–Kier alpha value is -1.51. The molecule has 2 nitrogen and oxygen atoms in total. The molecule has 0 aromatic heterocycles. The molecule has 0 bridgehead atoms. The molecule has 1 atom stereocenters. The number of carbonyl (C=O) groups excluding carboxylic acids is 1. The van der Waals surface area contributed by atoms with Gasteiger partial charge in [-0.2, -0.15) is 0 Å². The first-order valence-corrected chi connectivity index (χ1v) is 8.14. The summed E-state index contributed by atoms with van der Waals surface area (Å²) in [5, 5.41) is 4.28. The van der Waals surface area contributed by atoms with E-state index in [0.717, 1.165) is 17.5 Å². The highest BCUT2D eigenvalue weighted by atomic mass is 35.5. The second-order valence-electron chi connectivity index (χ2n) is 5.14. The minimum atomic E-state index is 0.00619. The van der Waals surface area contributed by atoms with E-state index in [1.807, 2.05) is 30.3 Å². The van der Waals surface area contributed by atoms with Crippen LogP contribution in [0.25, 0.3) is 0 Å². The van der Waals surface area contributed by atoms with Gasteiger partial charge >= 0.3 is 0 Å². The molecule has 1 amide bonds. The van der Waals surface area contributed by atoms with Gasteiger partial charge in [-0.25, -0.2) is 0 Å². The van der Waals surface area contributed by atoms with Crippen molar-refractivity contribution in [1.82, 2.24) is 5.32 Å². The molecule has 0 aliphatic heterocycles. The van der Waals surface area contributed by atoms with E-state index >= 15 is 0 Å². The molecule has 1 N–H and O–H groups in total. The first kappa shape index (κ1) is 16.9. The molecule has 0 fully saturated rings. The van der Waals surface area contributed by atoms with Crippen LogP contribution in [0.1, 0.15) is 36.9 Å². The number of benzene rings is 2. The van der Waals surface area contributed by atoms with Crippen LogP contribution >= 0.6 is 23.2 Å². The van der Waals surface area contributed by atoms with Crippen LogP contribution < -0.4 is 5.32 Å². The van der Waals surface area contributed by atoms with Crippen molar-refractivity contribution >= 4 is 29.1 Å². The van der Waals surface area contributed by atoms with Crippen molar-refractivity contribution in [3.05, 3.63) is 69.7 Å². The lowest BCUT2D eigenvalue weighted by Gasteiger charge is -2.17. The van der Waals surface area contributed by atoms with Gasteiger partial charge in [-0.3, -0.25) is 4.79 Å². The Labute approximate surface area is 141 Å². The summed E-state index contributed by atoms with van der Waals surface area (Å²) in [6.07, 6.45) is 1.75. The fraction of sp³-hybridized carbons (Fsp3) is 0.278. The van der Waals surface area contributed by atoms with Crippen LogP contribution in [0.4, 0.5) is 0 Å². The molecule has 0 saturated heterocycles. The molecule has 22 heavy (non-hydrogen) atoms. The van der Waals surface area contributed by atoms with Crippen molar-refractivity contribution < 1.29 is 4.79 Å². The third-order valence-electron chi connectivity index (χ3n) is 3.61. The van der Waals surface area contributed by atoms with Crippen LogP contribution in [0.15, 0.2) is 48.5 Å². The second kappa shape index (κ2) is 8.21. The van der Waals surface area contributed by atoms with Crippen molar-refractivity contribution in [2.24, 2.45) is 0 Å². The fourth-order valence-corrected chi connectivity index (χ4v) is 2.97. The minimum absolute atomic E-state index is 0.00619. The van der Waals surface area contributed by atoms with Gasteiger partial charge in [0.2, 0.25) is 5.91 Å². The highest BCUT2D eigenvalue weighted by Crippen LogP contribution is 2.25. The highest BCUT2D eigenvalue weighted by molar-refractivity contribution is 6.36. The quantitative estimate of drug-likeness (QED) is 0.772. The number of hydrogen-bond acceptors (Lipinski definition) is 1. The molecule has 4 heteroatoms. The van der Waals surface area contributed by atoms with Crippen LogP contribution in [-0.4, -0.2) is 5.91 Å². The van der Waals surface area contributed by atoms with Gasteiger partial charge in [0.25, 0.3) is 0 Å². The van der Waals surface area contributed by atoms with Crippen molar-refractivity contribution in [3.8, 4) is 0 Å². The molecule has 0 spiro atoms. The van der Waals surface area contributed by atoms with Gasteiger partial charge in [0, 0.05) is 16.5 Å². The van der Waals surface area contributed by atoms with Gasteiger partial charge in [-0.1, -0.05) is 66.5 Å². The zero-order chi connectivity index (χ0) is 15.9. The number of nitrogens with one attached hydrogen (secondary N) is 1. The molecule has 0 saturated carbocycles. The average Bonchev–Trinajstić information content (AvgIpc) is 2.53. The van der Waals surface area contributed by atoms with E-state index in [1.54, 1.807) is 18.2 Å². The van der Waals surface area contributed by atoms with Gasteiger partial charge in [0.15, 0.2) is 0 Å². The van der Waals surface area contributed by atoms with Crippen molar-refractivity contribution in [2.45, 2.75) is 32.2 Å². The smallest absolute Gasteiger partial charge is 0.220 e. The summed E-state index contributed by atoms with van der Waals surface area (Å²) in [5.41, 5.74) is 1.95. The number of amides is 1. The zero-order valence-corrected chi connectivity index (χ0v) is 14.0. The summed E-state index contributed by atoms with van der Waals surface area (Å²) < 4.78 is 0. The number of rotatable bonds is 6. The zero-order valence-electron chi connectivity index (χ0n) is 12.5. The van der Waals surface area contributed by atoms with Gasteiger partial charge < -0.3 is 5.32 Å². The van der Waals surface area contributed by atoms with E-state index in [0.29, 0.717) is 22.9 Å². The lowest BCUT2D eigenvalue weighted by molar-refractivity contribution is -0.121. The molecule has 0 unspecified atom stereocenters. The maximum atomic E-state index is 12.2. The Bertz CT molecular complexity index is 608. The van der Waals surface area contributed by atoms with Crippen LogP contribution in [-0.2, 0) is 11.2 Å². The summed E-state index contributed by atoms with van der Waals surface area (Å²) in [5.74, 6) is 0.00619. The third-order valence-corrected chi connectivity index (χ3v) is 4.32. The van der Waals surface area contributed by atoms with Crippen LogP contribution in [0.5, 0.6) is 0 Å². The lowest BCUT2D eigenvalue weighted by atomic mass is 10.0. The van der Waals surface area contributed by atoms with E-state index in [9.17, 15) is 4.79 Å². The highest BCUT2D eigenvalue weighted by Gasteiger charge is 2.13. The first-order chi connectivity index (χ1) is 10.6. The second-order valence-corrected chi connectivity index (χ2v) is 5.95. The molecular formula is C18H19Cl2NO. The predicted octanol–water partition coefficient (Wildman–Crippen LogP) is 5.19. The van der Waals surface area contributed by atoms with E-state index in [-0.39, 0.29) is 11.9 Å². The maximum Gasteiger partial charge on any atom is 0.220 e. The monoisotopic (exact) mass is 335 g/mol. The molecule has 2 aromatic rings. The molecule has 0 aliphatic rings. The standard InChI is InChI=1S/C18H19Cl2NO/c1-2-17(13-7-4-3-5-8-13)21-18(22)12-11-14-15(19)9-6-10-16(14)20/h3-10,17H,2,11-12H2,1H3,(H,21,22)/t17-/m1/s1. The third kappa shape index (κ3) is 4.49. The Balaban J connectivity index is 1.95. The molecular weight excluding hydrogens is 317 g/mol. The molecule has 0 aliphatic carbocycles. The van der Waals surface area contributed by atoms with E-state index in [4.69, 9.17) is 23.2 Å². The van der Waals surface area contributed by atoms with Crippen molar-refractivity contribution in [2.75, 3.05) is 0 Å². The summed E-state index contributed by atoms with van der Waals surface area (Å²) in [6, 6.07) is 15.4. The first-order valence-electron chi connectivity index (χ1n) is 7.39. The van der Waals surface area contributed by atoms with Crippen molar-refractivity contribution in [3.63, 3.8) is 0 Å². The Morgan fingerprint density at radius 2 is 1.68 bits per heavy atom. The minimum Gasteiger partial charge on any atom is -0.349 e. The molecule has 0 heterocycles. The summed E-state index contributed by atoms with van der Waals surface area (Å²) in [7, 11) is 0. The molecule has 2 aromatic carbocycles. The maximum absolute atomic E-state index is 12.2. The van der Waals surface area contributed by atoms with E-state index < -0.39 is 0 Å².